The average molecular weight is 280 g/mol. The van der Waals surface area contributed by atoms with E-state index in [-0.39, 0.29) is 5.56 Å². The van der Waals surface area contributed by atoms with E-state index in [1.165, 1.54) is 6.07 Å². The van der Waals surface area contributed by atoms with E-state index in [1.54, 1.807) is 6.07 Å². The predicted molar refractivity (Wildman–Crippen MR) is 53.4 cm³/mol. The van der Waals surface area contributed by atoms with Crippen LogP contribution in [0.1, 0.15) is 10.4 Å². The number of carboxylic acids is 1. The second kappa shape index (κ2) is 3.44. The fraction of sp³-hybridized carbons (Fsp3) is 0. The van der Waals surface area contributed by atoms with Crippen LogP contribution in [0.3, 0.4) is 0 Å². The molecule has 0 bridgehead atoms. The van der Waals surface area contributed by atoms with E-state index < -0.39 is 5.97 Å². The van der Waals surface area contributed by atoms with Crippen LogP contribution in [-0.2, 0) is 0 Å². The van der Waals surface area contributed by atoms with Gasteiger partial charge in [0, 0.05) is 8.47 Å². The van der Waals surface area contributed by atoms with Gasteiger partial charge in [-0.3, -0.25) is 0 Å². The van der Waals surface area contributed by atoms with Crippen LogP contribution in [0.4, 0.5) is 0 Å². The normalized spacial score (nSPS) is 9.64. The highest BCUT2D eigenvalue weighted by Crippen LogP contribution is 2.20. The lowest BCUT2D eigenvalue weighted by atomic mass is 10.2. The van der Waals surface area contributed by atoms with Crippen LogP contribution >= 0.6 is 35.2 Å². The van der Waals surface area contributed by atoms with Gasteiger partial charge in [0.15, 0.2) is 0 Å². The minimum atomic E-state index is -0.937. The van der Waals surface area contributed by atoms with Crippen molar-refractivity contribution in [3.05, 3.63) is 27.3 Å². The Hall–Kier alpha value is -0.230. The van der Waals surface area contributed by atoms with Crippen LogP contribution in [0.5, 0.6) is 0 Å². The van der Waals surface area contributed by atoms with Crippen LogP contribution in [0.15, 0.2) is 23.1 Å². The van der Waals surface area contributed by atoms with E-state index in [2.05, 4.69) is 12.6 Å². The SMILES string of the molecule is O=C(O)c1cccc(I)c1S. The second-order valence-electron chi connectivity index (χ2n) is 1.94. The van der Waals surface area contributed by atoms with Gasteiger partial charge in [-0.25, -0.2) is 4.79 Å². The number of halogens is 1. The van der Waals surface area contributed by atoms with Crippen LogP contribution in [0.2, 0.25) is 0 Å². The molecule has 0 radical (unpaired) electrons. The molecule has 0 saturated heterocycles. The van der Waals surface area contributed by atoms with E-state index >= 15 is 0 Å². The summed E-state index contributed by atoms with van der Waals surface area (Å²) in [4.78, 5) is 11.1. The van der Waals surface area contributed by atoms with E-state index in [1.807, 2.05) is 28.7 Å². The fourth-order valence-electron chi connectivity index (χ4n) is 0.688. The average Bonchev–Trinajstić information content (AvgIpc) is 1.94. The Morgan fingerprint density at radius 2 is 2.18 bits per heavy atom. The van der Waals surface area contributed by atoms with Crippen LogP contribution < -0.4 is 0 Å². The van der Waals surface area contributed by atoms with Gasteiger partial charge in [-0.15, -0.1) is 12.6 Å². The summed E-state index contributed by atoms with van der Waals surface area (Å²) in [5.41, 5.74) is 0.250. The molecule has 0 atom stereocenters. The lowest BCUT2D eigenvalue weighted by Crippen LogP contribution is -1.98. The number of thiol groups is 1. The molecular formula is C7H5IO2S. The van der Waals surface area contributed by atoms with E-state index in [9.17, 15) is 4.79 Å². The smallest absolute Gasteiger partial charge is 0.336 e. The first kappa shape index (κ1) is 8.86. The predicted octanol–water partition coefficient (Wildman–Crippen LogP) is 2.28. The molecule has 0 aliphatic carbocycles. The second-order valence-corrected chi connectivity index (χ2v) is 3.55. The number of aromatic carboxylic acids is 1. The van der Waals surface area contributed by atoms with Crippen LogP contribution in [-0.4, -0.2) is 11.1 Å². The molecule has 0 aliphatic heterocycles. The molecule has 1 N–H and O–H groups in total. The summed E-state index contributed by atoms with van der Waals surface area (Å²) in [5.74, 6) is -0.937. The number of benzene rings is 1. The van der Waals surface area contributed by atoms with Crippen LogP contribution in [0.25, 0.3) is 0 Å². The summed E-state index contributed by atoms with van der Waals surface area (Å²) in [6.45, 7) is 0. The van der Waals surface area contributed by atoms with Crippen molar-refractivity contribution in [2.75, 3.05) is 0 Å². The summed E-state index contributed by atoms with van der Waals surface area (Å²) >= 11 is 6.11. The monoisotopic (exact) mass is 280 g/mol. The van der Waals surface area contributed by atoms with E-state index in [4.69, 9.17) is 5.11 Å². The summed E-state index contributed by atoms with van der Waals surface area (Å²) in [6, 6.07) is 5.05. The third-order valence-electron chi connectivity index (χ3n) is 1.22. The van der Waals surface area contributed by atoms with E-state index in [0.29, 0.717) is 4.90 Å². The zero-order valence-corrected chi connectivity index (χ0v) is 8.46. The first-order chi connectivity index (χ1) is 5.13. The molecule has 11 heavy (non-hydrogen) atoms. The van der Waals surface area contributed by atoms with Gasteiger partial charge in [0.05, 0.1) is 5.56 Å². The maximum atomic E-state index is 10.5. The van der Waals surface area contributed by atoms with Gasteiger partial charge in [-0.1, -0.05) is 6.07 Å². The molecular weight excluding hydrogens is 275 g/mol. The zero-order valence-electron chi connectivity index (χ0n) is 5.41. The Labute approximate surface area is 83.2 Å². The molecule has 58 valence electrons. The maximum absolute atomic E-state index is 10.5. The molecule has 0 amide bonds. The topological polar surface area (TPSA) is 37.3 Å². The molecule has 0 fully saturated rings. The molecule has 0 saturated carbocycles. The molecule has 0 spiro atoms. The number of carboxylic acid groups (broad SMARTS) is 1. The third-order valence-corrected chi connectivity index (χ3v) is 3.02. The van der Waals surface area contributed by atoms with Gasteiger partial charge in [-0.05, 0) is 34.7 Å². The fourth-order valence-corrected chi connectivity index (χ4v) is 1.43. The first-order valence-electron chi connectivity index (χ1n) is 2.83. The lowest BCUT2D eigenvalue weighted by Gasteiger charge is -1.99. The Kier molecular flexibility index (Phi) is 2.78. The Morgan fingerprint density at radius 3 is 2.64 bits per heavy atom. The number of hydrogen-bond donors (Lipinski definition) is 2. The van der Waals surface area contributed by atoms with Crippen molar-refractivity contribution in [2.24, 2.45) is 0 Å². The molecule has 1 aromatic carbocycles. The van der Waals surface area contributed by atoms with Crippen molar-refractivity contribution in [1.29, 1.82) is 0 Å². The Balaban J connectivity index is 3.27. The highest BCUT2D eigenvalue weighted by Gasteiger charge is 2.08. The summed E-state index contributed by atoms with van der Waals surface area (Å²) in [5, 5.41) is 8.64. The molecule has 1 rings (SSSR count). The number of hydrogen-bond acceptors (Lipinski definition) is 2. The Morgan fingerprint density at radius 1 is 1.55 bits per heavy atom. The summed E-state index contributed by atoms with van der Waals surface area (Å²) in [6.07, 6.45) is 0. The minimum absolute atomic E-state index is 0.250. The first-order valence-corrected chi connectivity index (χ1v) is 4.36. The van der Waals surface area contributed by atoms with Gasteiger partial charge in [0.1, 0.15) is 0 Å². The molecule has 0 unspecified atom stereocenters. The standard InChI is InChI=1S/C7H5IO2S/c8-5-3-1-2-4(6(5)11)7(9)10/h1-3,11H,(H,9,10). The Bertz CT molecular complexity index is 298. The van der Waals surface area contributed by atoms with Crippen molar-refractivity contribution in [3.63, 3.8) is 0 Å². The maximum Gasteiger partial charge on any atom is 0.336 e. The molecule has 4 heteroatoms. The van der Waals surface area contributed by atoms with E-state index in [0.717, 1.165) is 3.57 Å². The largest absolute Gasteiger partial charge is 0.478 e. The molecule has 0 aliphatic rings. The van der Waals surface area contributed by atoms with Gasteiger partial charge >= 0.3 is 5.97 Å². The van der Waals surface area contributed by atoms with Crippen LogP contribution in [0, 0.1) is 3.57 Å². The van der Waals surface area contributed by atoms with Gasteiger partial charge in [0.25, 0.3) is 0 Å². The lowest BCUT2D eigenvalue weighted by molar-refractivity contribution is 0.0693. The van der Waals surface area contributed by atoms with Gasteiger partial charge in [0.2, 0.25) is 0 Å². The minimum Gasteiger partial charge on any atom is -0.478 e. The van der Waals surface area contributed by atoms with Crippen molar-refractivity contribution >= 4 is 41.2 Å². The molecule has 2 nitrogen and oxygen atoms in total. The summed E-state index contributed by atoms with van der Waals surface area (Å²) in [7, 11) is 0. The number of rotatable bonds is 1. The van der Waals surface area contributed by atoms with Crippen molar-refractivity contribution in [1.82, 2.24) is 0 Å². The molecule has 0 heterocycles. The molecule has 1 aromatic rings. The van der Waals surface area contributed by atoms with Crippen molar-refractivity contribution in [3.8, 4) is 0 Å². The zero-order chi connectivity index (χ0) is 8.43. The van der Waals surface area contributed by atoms with Gasteiger partial charge in [-0.2, -0.15) is 0 Å². The highest BCUT2D eigenvalue weighted by molar-refractivity contribution is 14.1. The highest BCUT2D eigenvalue weighted by atomic mass is 127. The van der Waals surface area contributed by atoms with Gasteiger partial charge < -0.3 is 5.11 Å². The van der Waals surface area contributed by atoms with Crippen molar-refractivity contribution in [2.45, 2.75) is 4.90 Å². The van der Waals surface area contributed by atoms with Crippen molar-refractivity contribution < 1.29 is 9.90 Å². The quantitative estimate of drug-likeness (QED) is 0.611. The molecule has 0 aromatic heterocycles. The number of carbonyl (C=O) groups is 1. The third kappa shape index (κ3) is 1.87. The summed E-state index contributed by atoms with van der Waals surface area (Å²) < 4.78 is 0.853.